The molecule has 2 amide bonds. The van der Waals surface area contributed by atoms with Gasteiger partial charge < -0.3 is 9.73 Å². The topological polar surface area (TPSA) is 62.6 Å². The zero-order valence-corrected chi connectivity index (χ0v) is 13.0. The minimum atomic E-state index is -0.405. The van der Waals surface area contributed by atoms with Crippen molar-refractivity contribution in [2.75, 3.05) is 12.0 Å². The fourth-order valence-corrected chi connectivity index (χ4v) is 2.88. The molecule has 118 valence electrons. The molecule has 0 bridgehead atoms. The molecule has 3 rings (SSSR count). The first-order chi connectivity index (χ1) is 11.0. The van der Waals surface area contributed by atoms with Gasteiger partial charge in [-0.05, 0) is 49.0 Å². The van der Waals surface area contributed by atoms with Gasteiger partial charge in [-0.1, -0.05) is 6.07 Å². The maximum Gasteiger partial charge on any atom is 0.295 e. The van der Waals surface area contributed by atoms with E-state index in [2.05, 4.69) is 5.32 Å². The molecule has 0 unspecified atom stereocenters. The fourth-order valence-electron chi connectivity index (χ4n) is 2.07. The Bertz CT molecular complexity index is 800. The highest BCUT2D eigenvalue weighted by Crippen LogP contribution is 2.32. The lowest BCUT2D eigenvalue weighted by Gasteiger charge is -2.14. The van der Waals surface area contributed by atoms with E-state index in [0.29, 0.717) is 16.4 Å². The summed E-state index contributed by atoms with van der Waals surface area (Å²) in [5.74, 6) is 0.449. The lowest BCUT2D eigenvalue weighted by molar-refractivity contribution is -0.122. The number of nitrogens with one attached hydrogen (secondary N) is 1. The first-order valence-electron chi connectivity index (χ1n) is 6.84. The van der Waals surface area contributed by atoms with Crippen molar-refractivity contribution >= 4 is 34.7 Å². The van der Waals surface area contributed by atoms with Crippen molar-refractivity contribution in [2.24, 2.45) is 0 Å². The van der Waals surface area contributed by atoms with Gasteiger partial charge in [0.2, 0.25) is 0 Å². The summed E-state index contributed by atoms with van der Waals surface area (Å²) in [7, 11) is 0. The number of anilines is 1. The van der Waals surface area contributed by atoms with Crippen LogP contribution in [0.4, 0.5) is 14.9 Å². The molecule has 7 heteroatoms. The van der Waals surface area contributed by atoms with Gasteiger partial charge >= 0.3 is 0 Å². The van der Waals surface area contributed by atoms with Crippen LogP contribution in [0.2, 0.25) is 0 Å². The average molecular weight is 332 g/mol. The van der Waals surface area contributed by atoms with Crippen molar-refractivity contribution in [3.05, 3.63) is 58.6 Å². The van der Waals surface area contributed by atoms with Gasteiger partial charge in [0.25, 0.3) is 11.1 Å². The molecule has 23 heavy (non-hydrogen) atoms. The Hall–Kier alpha value is -2.54. The molecule has 1 N–H and O–H groups in total. The lowest BCUT2D eigenvalue weighted by Crippen LogP contribution is -2.33. The van der Waals surface area contributed by atoms with E-state index in [9.17, 15) is 14.0 Å². The van der Waals surface area contributed by atoms with Gasteiger partial charge in [0.1, 0.15) is 17.3 Å². The highest BCUT2D eigenvalue weighted by molar-refractivity contribution is 8.18. The van der Waals surface area contributed by atoms with E-state index in [1.807, 2.05) is 0 Å². The molecule has 2 heterocycles. The number of halogens is 1. The summed E-state index contributed by atoms with van der Waals surface area (Å²) in [6.07, 6.45) is 1.54. The number of hydrogen-bond donors (Lipinski definition) is 1. The highest BCUT2D eigenvalue weighted by atomic mass is 32.2. The van der Waals surface area contributed by atoms with E-state index in [0.717, 1.165) is 22.4 Å². The zero-order chi connectivity index (χ0) is 16.4. The van der Waals surface area contributed by atoms with Crippen LogP contribution in [0.15, 0.2) is 45.7 Å². The number of imide groups is 1. The van der Waals surface area contributed by atoms with Crippen molar-refractivity contribution in [3.63, 3.8) is 0 Å². The second-order valence-corrected chi connectivity index (χ2v) is 5.90. The number of nitrogens with zero attached hydrogens (tertiary/aromatic N) is 1. The monoisotopic (exact) mass is 332 g/mol. The SMILES string of the molecule is Cc1ccc(C=C2SC(=O)N(CNc3cccc(F)c3)C2=O)o1. The van der Waals surface area contributed by atoms with E-state index in [1.165, 1.54) is 12.1 Å². The summed E-state index contributed by atoms with van der Waals surface area (Å²) in [6, 6.07) is 9.32. The molecule has 0 aliphatic carbocycles. The molecular formula is C16H13FN2O3S. The molecule has 1 aromatic carbocycles. The predicted octanol–water partition coefficient (Wildman–Crippen LogP) is 3.83. The predicted molar refractivity (Wildman–Crippen MR) is 86.1 cm³/mol. The van der Waals surface area contributed by atoms with Gasteiger partial charge in [-0.15, -0.1) is 0 Å². The smallest absolute Gasteiger partial charge is 0.295 e. The summed E-state index contributed by atoms with van der Waals surface area (Å²) in [4.78, 5) is 25.6. The summed E-state index contributed by atoms with van der Waals surface area (Å²) in [5.41, 5.74) is 0.495. The minimum absolute atomic E-state index is 0.0252. The van der Waals surface area contributed by atoms with Crippen LogP contribution >= 0.6 is 11.8 Å². The number of rotatable bonds is 4. The number of hydrogen-bond acceptors (Lipinski definition) is 5. The van der Waals surface area contributed by atoms with Crippen LogP contribution in [0.3, 0.4) is 0 Å². The Labute approximate surface area is 136 Å². The maximum absolute atomic E-state index is 13.1. The number of furan rings is 1. The number of carbonyl (C=O) groups excluding carboxylic acids is 2. The first-order valence-corrected chi connectivity index (χ1v) is 7.66. The van der Waals surface area contributed by atoms with Crippen molar-refractivity contribution < 1.29 is 18.4 Å². The van der Waals surface area contributed by atoms with Crippen molar-refractivity contribution in [1.82, 2.24) is 4.90 Å². The van der Waals surface area contributed by atoms with Crippen LogP contribution in [0, 0.1) is 12.7 Å². The molecule has 2 aromatic rings. The number of amides is 2. The van der Waals surface area contributed by atoms with Gasteiger partial charge in [0, 0.05) is 11.8 Å². The van der Waals surface area contributed by atoms with E-state index < -0.39 is 11.7 Å². The Balaban J connectivity index is 1.70. The summed E-state index contributed by atoms with van der Waals surface area (Å²) in [5, 5.41) is 2.48. The third-order valence-corrected chi connectivity index (χ3v) is 4.08. The summed E-state index contributed by atoms with van der Waals surface area (Å²) in [6.45, 7) is 1.77. The largest absolute Gasteiger partial charge is 0.462 e. The van der Waals surface area contributed by atoms with E-state index in [-0.39, 0.29) is 11.9 Å². The summed E-state index contributed by atoms with van der Waals surface area (Å²) < 4.78 is 18.5. The van der Waals surface area contributed by atoms with Crippen molar-refractivity contribution in [2.45, 2.75) is 6.92 Å². The first kappa shape index (κ1) is 15.4. The molecule has 1 fully saturated rings. The summed E-state index contributed by atoms with van der Waals surface area (Å²) >= 11 is 0.849. The molecule has 0 saturated carbocycles. The van der Waals surface area contributed by atoms with Gasteiger partial charge in [0.05, 0.1) is 11.6 Å². The molecular weight excluding hydrogens is 319 g/mol. The molecule has 1 aliphatic heterocycles. The zero-order valence-electron chi connectivity index (χ0n) is 12.2. The molecule has 0 spiro atoms. The van der Waals surface area contributed by atoms with Crippen LogP contribution in [0.5, 0.6) is 0 Å². The number of thioether (sulfide) groups is 1. The number of aryl methyl sites for hydroxylation is 1. The Kier molecular flexibility index (Phi) is 4.20. The number of benzene rings is 1. The Morgan fingerprint density at radius 3 is 2.83 bits per heavy atom. The fraction of sp³-hybridized carbons (Fsp3) is 0.125. The van der Waals surface area contributed by atoms with Gasteiger partial charge in [0.15, 0.2) is 0 Å². The van der Waals surface area contributed by atoms with E-state index in [4.69, 9.17) is 4.42 Å². The molecule has 5 nitrogen and oxygen atoms in total. The molecule has 1 aromatic heterocycles. The maximum atomic E-state index is 13.1. The van der Waals surface area contributed by atoms with Crippen LogP contribution < -0.4 is 5.32 Å². The van der Waals surface area contributed by atoms with E-state index >= 15 is 0 Å². The van der Waals surface area contributed by atoms with Gasteiger partial charge in [-0.25, -0.2) is 4.39 Å². The third-order valence-electron chi connectivity index (χ3n) is 3.17. The van der Waals surface area contributed by atoms with Crippen LogP contribution in [0.1, 0.15) is 11.5 Å². The van der Waals surface area contributed by atoms with Crippen molar-refractivity contribution in [1.29, 1.82) is 0 Å². The molecule has 0 radical (unpaired) electrons. The Morgan fingerprint density at radius 1 is 1.30 bits per heavy atom. The normalized spacial score (nSPS) is 16.4. The van der Waals surface area contributed by atoms with Crippen LogP contribution in [0.25, 0.3) is 6.08 Å². The molecule has 0 atom stereocenters. The van der Waals surface area contributed by atoms with Gasteiger partial charge in [-0.2, -0.15) is 0 Å². The van der Waals surface area contributed by atoms with Crippen molar-refractivity contribution in [3.8, 4) is 0 Å². The van der Waals surface area contributed by atoms with Gasteiger partial charge in [-0.3, -0.25) is 14.5 Å². The second-order valence-electron chi connectivity index (χ2n) is 4.90. The minimum Gasteiger partial charge on any atom is -0.462 e. The lowest BCUT2D eigenvalue weighted by atomic mass is 10.3. The molecule has 1 aliphatic rings. The van der Waals surface area contributed by atoms with E-state index in [1.54, 1.807) is 37.3 Å². The standard InChI is InChI=1S/C16H13FN2O3S/c1-10-5-6-13(22-10)8-14-15(20)19(16(21)23-14)9-18-12-4-2-3-11(17)7-12/h2-8,18H,9H2,1H3. The Morgan fingerprint density at radius 2 is 2.13 bits per heavy atom. The second kappa shape index (κ2) is 6.29. The number of carbonyl (C=O) groups is 2. The highest BCUT2D eigenvalue weighted by Gasteiger charge is 2.35. The van der Waals surface area contributed by atoms with Crippen LogP contribution in [-0.4, -0.2) is 22.7 Å². The molecule has 1 saturated heterocycles. The van der Waals surface area contributed by atoms with Crippen LogP contribution in [-0.2, 0) is 4.79 Å². The quantitative estimate of drug-likeness (QED) is 0.862. The third kappa shape index (κ3) is 3.45. The average Bonchev–Trinajstić information content (AvgIpc) is 3.02.